The lowest BCUT2D eigenvalue weighted by Gasteiger charge is -2.19. The van der Waals surface area contributed by atoms with Crippen LogP contribution in [0.1, 0.15) is 41.5 Å². The van der Waals surface area contributed by atoms with Crippen LogP contribution in [0.5, 0.6) is 0 Å². The van der Waals surface area contributed by atoms with Gasteiger partial charge in [0.2, 0.25) is 0 Å². The van der Waals surface area contributed by atoms with Gasteiger partial charge in [-0.05, 0) is 41.5 Å². The second kappa shape index (κ2) is 18.4. The first-order valence-electron chi connectivity index (χ1n) is 9.69. The summed E-state index contributed by atoms with van der Waals surface area (Å²) in [7, 11) is 2.34. The maximum Gasteiger partial charge on any atom is 0.426 e. The van der Waals surface area contributed by atoms with Crippen molar-refractivity contribution in [3.63, 3.8) is 0 Å². The molecular formula is C18H36N6O11. The molecule has 0 spiro atoms. The molecule has 0 atom stereocenters. The van der Waals surface area contributed by atoms with Crippen molar-refractivity contribution >= 4 is 36.2 Å². The van der Waals surface area contributed by atoms with Gasteiger partial charge in [-0.1, -0.05) is 0 Å². The minimum Gasteiger partial charge on any atom is -0.480 e. The lowest BCUT2D eigenvalue weighted by atomic mass is 10.2. The van der Waals surface area contributed by atoms with Gasteiger partial charge in [-0.25, -0.2) is 30.4 Å². The Morgan fingerprint density at radius 1 is 0.686 bits per heavy atom. The number of alkyl carbamates (subject to hydrolysis) is 2. The van der Waals surface area contributed by atoms with Crippen LogP contribution < -0.4 is 32.8 Å². The number of carboxylic acids is 1. The second-order valence-corrected chi connectivity index (χ2v) is 7.91. The minimum atomic E-state index is -1.10. The molecule has 0 radical (unpaired) electrons. The third kappa shape index (κ3) is 32.2. The van der Waals surface area contributed by atoms with E-state index in [0.717, 1.165) is 7.11 Å². The Kier molecular flexibility index (Phi) is 18.7. The number of rotatable bonds is 4. The highest BCUT2D eigenvalue weighted by Crippen LogP contribution is 2.06. The summed E-state index contributed by atoms with van der Waals surface area (Å²) in [4.78, 5) is 63.0. The first-order chi connectivity index (χ1) is 15.9. The van der Waals surface area contributed by atoms with Gasteiger partial charge in [0.25, 0.3) is 5.91 Å². The quantitative estimate of drug-likeness (QED) is 0.111. The van der Waals surface area contributed by atoms with Crippen LogP contribution in [0, 0.1) is 0 Å². The molecule has 204 valence electrons. The molecule has 0 aliphatic heterocycles. The number of aliphatic carboxylic acids is 1. The lowest BCUT2D eigenvalue weighted by Crippen LogP contribution is -2.47. The van der Waals surface area contributed by atoms with Crippen LogP contribution >= 0.6 is 0 Å². The summed E-state index contributed by atoms with van der Waals surface area (Å²) >= 11 is 0. The maximum atomic E-state index is 11.1. The first-order valence-corrected chi connectivity index (χ1v) is 9.69. The molecule has 0 rings (SSSR count). The van der Waals surface area contributed by atoms with Crippen molar-refractivity contribution in [3.05, 3.63) is 0 Å². The number of hydrogen-bond acceptors (Lipinski definition) is 11. The zero-order valence-electron chi connectivity index (χ0n) is 21.0. The van der Waals surface area contributed by atoms with Gasteiger partial charge in [-0.2, -0.15) is 0 Å². The fraction of sp³-hybridized carbons (Fsp3) is 0.667. The van der Waals surface area contributed by atoms with Gasteiger partial charge in [0.15, 0.2) is 0 Å². The van der Waals surface area contributed by atoms with Crippen LogP contribution in [0.4, 0.5) is 19.2 Å². The smallest absolute Gasteiger partial charge is 0.426 e. The molecule has 0 heterocycles. The largest absolute Gasteiger partial charge is 0.480 e. The Labute approximate surface area is 202 Å². The molecule has 0 bridgehead atoms. The zero-order valence-corrected chi connectivity index (χ0v) is 21.0. The predicted molar refractivity (Wildman–Crippen MR) is 120 cm³/mol. The van der Waals surface area contributed by atoms with Gasteiger partial charge in [0.05, 0.1) is 14.2 Å². The Morgan fingerprint density at radius 2 is 1.09 bits per heavy atom. The van der Waals surface area contributed by atoms with E-state index in [1.165, 1.54) is 7.11 Å². The molecule has 0 saturated heterocycles. The second-order valence-electron chi connectivity index (χ2n) is 7.91. The molecule has 0 aromatic heterocycles. The third-order valence-corrected chi connectivity index (χ3v) is 2.37. The SMILES string of the molecule is CC(C)(C)OC(=O)NN.COC(=O)NCC(=O)NNC(=O)OC(C)(C)C.COC(=O)NCC(=O)O. The summed E-state index contributed by atoms with van der Waals surface area (Å²) in [6.07, 6.45) is -2.87. The number of nitrogens with two attached hydrogens (primary N) is 1. The Balaban J connectivity index is -0.000000481. The van der Waals surface area contributed by atoms with Crippen molar-refractivity contribution < 1.29 is 52.8 Å². The Hall–Kier alpha value is -4.02. The van der Waals surface area contributed by atoms with Crippen molar-refractivity contribution in [1.29, 1.82) is 0 Å². The predicted octanol–water partition coefficient (Wildman–Crippen LogP) is -0.290. The van der Waals surface area contributed by atoms with Gasteiger partial charge in [-0.3, -0.25) is 20.4 Å². The van der Waals surface area contributed by atoms with Crippen LogP contribution in [0.15, 0.2) is 0 Å². The third-order valence-electron chi connectivity index (χ3n) is 2.37. The van der Waals surface area contributed by atoms with E-state index in [2.05, 4.69) is 20.2 Å². The molecule has 35 heavy (non-hydrogen) atoms. The Morgan fingerprint density at radius 3 is 1.40 bits per heavy atom. The van der Waals surface area contributed by atoms with E-state index in [4.69, 9.17) is 20.4 Å². The number of hydrazine groups is 2. The molecule has 0 saturated carbocycles. The maximum absolute atomic E-state index is 11.1. The van der Waals surface area contributed by atoms with Crippen LogP contribution in [-0.4, -0.2) is 79.9 Å². The highest BCUT2D eigenvalue weighted by Gasteiger charge is 2.16. The fourth-order valence-electron chi connectivity index (χ4n) is 1.22. The highest BCUT2D eigenvalue weighted by molar-refractivity contribution is 5.83. The average Bonchev–Trinajstić information content (AvgIpc) is 2.72. The summed E-state index contributed by atoms with van der Waals surface area (Å²) in [5.41, 5.74) is 4.82. The van der Waals surface area contributed by atoms with E-state index in [-0.39, 0.29) is 6.54 Å². The molecule has 0 aromatic rings. The topological polar surface area (TPSA) is 246 Å². The fourth-order valence-corrected chi connectivity index (χ4v) is 1.22. The number of nitrogens with one attached hydrogen (secondary N) is 5. The van der Waals surface area contributed by atoms with Crippen molar-refractivity contribution in [3.8, 4) is 0 Å². The molecule has 17 heteroatoms. The molecule has 0 aliphatic carbocycles. The number of hydrogen-bond donors (Lipinski definition) is 7. The number of ether oxygens (including phenoxy) is 4. The number of amides is 5. The average molecular weight is 513 g/mol. The molecular weight excluding hydrogens is 476 g/mol. The van der Waals surface area contributed by atoms with Gasteiger partial charge in [0, 0.05) is 0 Å². The minimum absolute atomic E-state index is 0.317. The molecule has 0 aliphatic rings. The normalized spacial score (nSPS) is 9.74. The number of carbonyl (C=O) groups excluding carboxylic acids is 5. The van der Waals surface area contributed by atoms with E-state index in [1.54, 1.807) is 41.5 Å². The number of carboxylic acid groups (broad SMARTS) is 1. The summed E-state index contributed by atoms with van der Waals surface area (Å²) in [6, 6.07) is 0. The van der Waals surface area contributed by atoms with Gasteiger partial charge in [-0.15, -0.1) is 0 Å². The lowest BCUT2D eigenvalue weighted by molar-refractivity contribution is -0.135. The first kappa shape index (κ1) is 35.6. The van der Waals surface area contributed by atoms with Crippen molar-refractivity contribution in [1.82, 2.24) is 26.9 Å². The number of methoxy groups -OCH3 is 2. The summed E-state index contributed by atoms with van der Waals surface area (Å²) in [6.45, 7) is 9.63. The zero-order chi connectivity index (χ0) is 28.2. The monoisotopic (exact) mass is 512 g/mol. The van der Waals surface area contributed by atoms with E-state index >= 15 is 0 Å². The standard InChI is InChI=1S/C9H17N3O5.C5H12N2O2.C4H7NO4/c1-9(2,3)17-8(15)12-11-6(13)5-10-7(14)16-4;1-5(2,3)9-4(8)7-6;1-9-4(8)5-2-3(6)7/h5H2,1-4H3,(H,10,14)(H,11,13)(H,12,15);6H2,1-3H3,(H,7,8);2H2,1H3,(H,5,8)(H,6,7). The summed E-state index contributed by atoms with van der Waals surface area (Å²) in [5, 5.41) is 12.1. The van der Waals surface area contributed by atoms with Crippen LogP contribution in [0.2, 0.25) is 0 Å². The van der Waals surface area contributed by atoms with E-state index < -0.39 is 54.0 Å². The Bertz CT molecular complexity index is 702. The molecule has 0 fully saturated rings. The van der Waals surface area contributed by atoms with Crippen LogP contribution in [0.25, 0.3) is 0 Å². The van der Waals surface area contributed by atoms with Crippen molar-refractivity contribution in [2.24, 2.45) is 5.84 Å². The number of carbonyl (C=O) groups is 6. The van der Waals surface area contributed by atoms with Gasteiger partial charge >= 0.3 is 30.3 Å². The van der Waals surface area contributed by atoms with Crippen molar-refractivity contribution in [2.75, 3.05) is 27.3 Å². The van der Waals surface area contributed by atoms with Crippen molar-refractivity contribution in [2.45, 2.75) is 52.7 Å². The van der Waals surface area contributed by atoms with Gasteiger partial charge in [0.1, 0.15) is 24.3 Å². The van der Waals surface area contributed by atoms with E-state index in [0.29, 0.717) is 0 Å². The van der Waals surface area contributed by atoms with E-state index in [1.807, 2.05) is 16.2 Å². The van der Waals surface area contributed by atoms with E-state index in [9.17, 15) is 28.8 Å². The molecule has 0 aromatic carbocycles. The summed E-state index contributed by atoms with van der Waals surface area (Å²) in [5.74, 6) is 3.05. The van der Waals surface area contributed by atoms with Crippen LogP contribution in [0.3, 0.4) is 0 Å². The highest BCUT2D eigenvalue weighted by atomic mass is 16.6. The van der Waals surface area contributed by atoms with Crippen LogP contribution in [-0.2, 0) is 28.5 Å². The molecule has 17 nitrogen and oxygen atoms in total. The molecule has 8 N–H and O–H groups in total. The molecule has 5 amide bonds. The van der Waals surface area contributed by atoms with Gasteiger partial charge < -0.3 is 34.7 Å². The molecule has 0 unspecified atom stereocenters. The summed E-state index contributed by atoms with van der Waals surface area (Å²) < 4.78 is 17.9.